The molecule has 6 aromatic carbocycles. The fourth-order valence-electron chi connectivity index (χ4n) is 9.11. The number of aromatic nitrogens is 3. The minimum Gasteiger partial charge on any atom is -0.217 e. The van der Waals surface area contributed by atoms with Crippen molar-refractivity contribution in [1.82, 2.24) is 15.0 Å². The summed E-state index contributed by atoms with van der Waals surface area (Å²) >= 11 is 0. The third kappa shape index (κ3) is 6.21. The normalized spacial score (nSPS) is 16.4. The molecule has 59 heavy (non-hydrogen) atoms. The Morgan fingerprint density at radius 2 is 1.12 bits per heavy atom. The zero-order valence-corrected chi connectivity index (χ0v) is 34.2. The highest BCUT2D eigenvalue weighted by molar-refractivity contribution is 8.49. The summed E-state index contributed by atoms with van der Waals surface area (Å²) in [5.41, 5.74) is 5.13. The largest absolute Gasteiger partial charge is 0.299 e. The molecule has 7 aromatic rings. The highest BCUT2D eigenvalue weighted by atomic mass is 32.3. The van der Waals surface area contributed by atoms with Gasteiger partial charge in [0.2, 0.25) is 0 Å². The van der Waals surface area contributed by atoms with Crippen LogP contribution in [0, 0.1) is 0 Å². The molecule has 6 heteroatoms. The van der Waals surface area contributed by atoms with E-state index in [2.05, 4.69) is 115 Å². The molecule has 3 nitrogen and oxygen atoms in total. The molecule has 1 aromatic heterocycles. The van der Waals surface area contributed by atoms with Gasteiger partial charge in [-0.1, -0.05) is 182 Å². The molecule has 9 rings (SSSR count). The first-order valence-corrected chi connectivity index (χ1v) is 22.8. The Kier molecular flexibility index (Phi) is 9.69. The Balaban J connectivity index is 1.16. The Morgan fingerprint density at radius 3 is 1.68 bits per heavy atom. The van der Waals surface area contributed by atoms with Crippen LogP contribution < -0.4 is 0 Å². The molecule has 292 valence electrons. The number of alkyl halides is 2. The molecule has 0 aliphatic heterocycles. The zero-order chi connectivity index (χ0) is 40.6. The number of hydrogen-bond donors (Lipinski definition) is 1. The summed E-state index contributed by atoms with van der Waals surface area (Å²) in [4.78, 5) is 18.5. The molecule has 0 fully saturated rings. The Labute approximate surface area is 345 Å². The maximum atomic E-state index is 16.2. The summed E-state index contributed by atoms with van der Waals surface area (Å²) < 4.78 is 32.5. The van der Waals surface area contributed by atoms with E-state index in [1.807, 2.05) is 80.6 Å². The molecular formula is C53H45F2N3S. The van der Waals surface area contributed by atoms with E-state index in [-0.39, 0.29) is 16.4 Å². The lowest BCUT2D eigenvalue weighted by Gasteiger charge is -2.64. The number of fused-ring (bicyclic) bond motifs is 3. The van der Waals surface area contributed by atoms with Gasteiger partial charge in [0.15, 0.2) is 17.5 Å². The molecule has 0 radical (unpaired) electrons. The fraction of sp³-hybridized carbons (Fsp3) is 0.113. The predicted molar refractivity (Wildman–Crippen MR) is 242 cm³/mol. The second-order valence-corrected chi connectivity index (χ2v) is 21.0. The van der Waals surface area contributed by atoms with Crippen molar-refractivity contribution in [3.05, 3.63) is 211 Å². The van der Waals surface area contributed by atoms with Crippen LogP contribution in [-0.2, 0) is 5.92 Å². The molecular weight excluding hydrogens is 749 g/mol. The summed E-state index contributed by atoms with van der Waals surface area (Å²) in [5, 5.41) is 0.256. The average molecular weight is 794 g/mol. The van der Waals surface area contributed by atoms with Crippen molar-refractivity contribution in [1.29, 1.82) is 0 Å². The van der Waals surface area contributed by atoms with Gasteiger partial charge in [0, 0.05) is 33.1 Å². The van der Waals surface area contributed by atoms with Crippen molar-refractivity contribution in [3.8, 4) is 45.0 Å². The molecule has 2 aliphatic rings. The van der Waals surface area contributed by atoms with E-state index in [1.165, 1.54) is 20.8 Å². The van der Waals surface area contributed by atoms with Gasteiger partial charge in [-0.2, -0.15) is 8.78 Å². The van der Waals surface area contributed by atoms with E-state index in [0.29, 0.717) is 34.2 Å². The van der Waals surface area contributed by atoms with Crippen molar-refractivity contribution in [2.75, 3.05) is 6.26 Å². The Morgan fingerprint density at radius 1 is 0.593 bits per heavy atom. The molecule has 1 atom stereocenters. The van der Waals surface area contributed by atoms with Gasteiger partial charge < -0.3 is 0 Å². The summed E-state index contributed by atoms with van der Waals surface area (Å²) in [6.07, 6.45) is 18.3. The quantitative estimate of drug-likeness (QED) is 0.117. The highest BCUT2D eigenvalue weighted by Crippen LogP contribution is 2.86. The maximum Gasteiger partial charge on any atom is 0.299 e. The van der Waals surface area contributed by atoms with Gasteiger partial charge in [-0.25, -0.2) is 24.1 Å². The molecule has 0 N–H and O–H groups in total. The molecule has 0 saturated carbocycles. The first kappa shape index (κ1) is 38.0. The monoisotopic (exact) mass is 793 g/mol. The Bertz CT molecular complexity index is 2770. The van der Waals surface area contributed by atoms with Gasteiger partial charge in [-0.15, -0.1) is 0 Å². The summed E-state index contributed by atoms with van der Waals surface area (Å²) in [6, 6.07) is 50.9. The molecule has 0 saturated heterocycles. The maximum absolute atomic E-state index is 16.2. The van der Waals surface area contributed by atoms with Crippen LogP contribution in [0.25, 0.3) is 50.6 Å². The van der Waals surface area contributed by atoms with Crippen LogP contribution >= 0.6 is 9.16 Å². The fourth-order valence-corrected chi connectivity index (χ4v) is 15.1. The number of benzene rings is 6. The third-order valence-electron chi connectivity index (χ3n) is 12.3. The second kappa shape index (κ2) is 15.0. The highest BCUT2D eigenvalue weighted by Gasteiger charge is 2.48. The second-order valence-electron chi connectivity index (χ2n) is 15.5. The van der Waals surface area contributed by atoms with Crippen molar-refractivity contribution in [3.63, 3.8) is 0 Å². The van der Waals surface area contributed by atoms with Crippen LogP contribution in [0.15, 0.2) is 209 Å². The zero-order valence-electron chi connectivity index (χ0n) is 33.3. The van der Waals surface area contributed by atoms with Gasteiger partial charge in [-0.3, -0.25) is 0 Å². The van der Waals surface area contributed by atoms with Crippen molar-refractivity contribution in [2.24, 2.45) is 0 Å². The lowest BCUT2D eigenvalue weighted by Crippen LogP contribution is -2.31. The van der Waals surface area contributed by atoms with Crippen molar-refractivity contribution in [2.45, 2.75) is 46.1 Å². The number of nitrogens with zero attached hydrogens (tertiary/aromatic N) is 3. The molecule has 0 spiro atoms. The van der Waals surface area contributed by atoms with Gasteiger partial charge in [0.25, 0.3) is 5.92 Å². The number of halogens is 2. The van der Waals surface area contributed by atoms with Gasteiger partial charge in [0.05, 0.1) is 0 Å². The van der Waals surface area contributed by atoms with Gasteiger partial charge >= 0.3 is 0 Å². The first-order valence-electron chi connectivity index (χ1n) is 20.1. The van der Waals surface area contributed by atoms with Crippen LogP contribution in [0.1, 0.15) is 37.2 Å². The van der Waals surface area contributed by atoms with Crippen LogP contribution in [0.2, 0.25) is 0 Å². The third-order valence-corrected chi connectivity index (χ3v) is 19.3. The van der Waals surface area contributed by atoms with Crippen LogP contribution in [0.5, 0.6) is 0 Å². The number of allylic oxidation sites excluding steroid dienone is 7. The van der Waals surface area contributed by atoms with Gasteiger partial charge in [-0.05, 0) is 75.6 Å². The minimum absolute atomic E-state index is 0.000553. The molecule has 2 aliphatic carbocycles. The van der Waals surface area contributed by atoms with E-state index in [4.69, 9.17) is 15.0 Å². The SMILES string of the molecule is C/C=C\C(=C/C)c1nc(-c2ccccc2)nc(-c2ccc3c(c2)-c2cc(-c4ccc([SH](C)(c5ccccc5)(c5ccccc5)C5C=CC=CC5)cc4)ccc2C3(F)F)n1. The summed E-state index contributed by atoms with van der Waals surface area (Å²) in [5.74, 6) is -1.70. The van der Waals surface area contributed by atoms with Crippen LogP contribution in [0.4, 0.5) is 8.78 Å². The van der Waals surface area contributed by atoms with E-state index < -0.39 is 15.1 Å². The topological polar surface area (TPSA) is 38.7 Å². The van der Waals surface area contributed by atoms with Crippen molar-refractivity contribution < 1.29 is 8.78 Å². The molecule has 0 bridgehead atoms. The van der Waals surface area contributed by atoms with Gasteiger partial charge in [0.1, 0.15) is 0 Å². The predicted octanol–water partition coefficient (Wildman–Crippen LogP) is 14.0. The molecule has 0 amide bonds. The minimum atomic E-state index is -3.15. The van der Waals surface area contributed by atoms with Crippen LogP contribution in [0.3, 0.4) is 0 Å². The van der Waals surface area contributed by atoms with Crippen molar-refractivity contribution >= 4 is 14.7 Å². The van der Waals surface area contributed by atoms with E-state index in [0.717, 1.165) is 28.7 Å². The summed E-state index contributed by atoms with van der Waals surface area (Å²) in [7, 11) is -3.10. The Hall–Kier alpha value is -6.50. The molecule has 1 heterocycles. The number of hydrogen-bond acceptors (Lipinski definition) is 3. The number of thiol groups is 1. The summed E-state index contributed by atoms with van der Waals surface area (Å²) in [6.45, 7) is 3.89. The smallest absolute Gasteiger partial charge is 0.217 e. The van der Waals surface area contributed by atoms with E-state index >= 15 is 8.78 Å². The van der Waals surface area contributed by atoms with E-state index in [9.17, 15) is 0 Å². The van der Waals surface area contributed by atoms with E-state index in [1.54, 1.807) is 12.1 Å². The molecule has 1 unspecified atom stereocenters. The first-order chi connectivity index (χ1) is 28.7. The lowest BCUT2D eigenvalue weighted by atomic mass is 9.97. The average Bonchev–Trinajstić information content (AvgIpc) is 3.53. The van der Waals surface area contributed by atoms with Crippen LogP contribution in [-0.4, -0.2) is 26.5 Å². The number of rotatable bonds is 9. The lowest BCUT2D eigenvalue weighted by molar-refractivity contribution is 0.0480. The standard InChI is InChI=1S/C53H45F2N3S/c1-4-18-37(5-2)50-56-51(39-19-10-6-11-20-39)58-52(57-50)41-30-34-49-47(36-41)46-35-40(29-33-48(46)53(49,54)55)38-27-31-45(32-28-38)59(3,42-21-12-7-13-22-42,43-23-14-8-15-24-43)44-25-16-9-17-26-44/h4-25,27-36,44,59H,26H2,1-3H3/b18-4-,37-5+.